The number of phenolic OH excluding ortho intramolecular Hbond substituents is 1. The summed E-state index contributed by atoms with van der Waals surface area (Å²) in [5, 5.41) is 11.7. The van der Waals surface area contributed by atoms with Gasteiger partial charge in [-0.2, -0.15) is 0 Å². The number of rotatable bonds is 8. The molecular weight excluding hydrogens is 386 g/mol. The van der Waals surface area contributed by atoms with E-state index in [0.717, 1.165) is 38.3 Å². The van der Waals surface area contributed by atoms with Crippen LogP contribution < -0.4 is 10.2 Å². The van der Waals surface area contributed by atoms with Crippen molar-refractivity contribution in [3.05, 3.63) is 59.7 Å². The highest BCUT2D eigenvalue weighted by Crippen LogP contribution is 2.21. The molecule has 0 spiro atoms. The average Bonchev–Trinajstić information content (AvgIpc) is 2.75. The minimum atomic E-state index is 0.215. The van der Waals surface area contributed by atoms with Crippen LogP contribution in [0.25, 0.3) is 0 Å². The monoisotopic (exact) mass is 424 g/mol. The van der Waals surface area contributed by atoms with E-state index in [0.29, 0.717) is 18.4 Å². The molecule has 1 fully saturated rings. The predicted molar refractivity (Wildman–Crippen MR) is 126 cm³/mol. The Hall–Kier alpha value is -2.53. The number of anilines is 1. The Morgan fingerprint density at radius 2 is 1.55 bits per heavy atom. The maximum Gasteiger partial charge on any atom is 0.277 e. The Labute approximate surface area is 187 Å². The third-order valence-electron chi connectivity index (χ3n) is 6.12. The molecule has 168 valence electrons. The van der Waals surface area contributed by atoms with Crippen LogP contribution in [0.15, 0.2) is 48.5 Å². The van der Waals surface area contributed by atoms with Gasteiger partial charge in [-0.3, -0.25) is 4.79 Å². The average molecular weight is 425 g/mol. The second kappa shape index (κ2) is 10.7. The topological polar surface area (TPSA) is 60.4 Å². The van der Waals surface area contributed by atoms with Crippen LogP contribution in [0.5, 0.6) is 5.75 Å². The fourth-order valence-electron chi connectivity index (χ4n) is 4.37. The van der Waals surface area contributed by atoms with Crippen LogP contribution in [0.2, 0.25) is 0 Å². The molecule has 1 atom stereocenters. The number of hydrogen-bond acceptors (Lipinski definition) is 3. The summed E-state index contributed by atoms with van der Waals surface area (Å²) in [5.74, 6) is 1.61. The van der Waals surface area contributed by atoms with E-state index in [2.05, 4.69) is 62.2 Å². The van der Waals surface area contributed by atoms with E-state index in [1.54, 1.807) is 12.1 Å². The number of nitrogens with zero attached hydrogens (tertiary/aromatic N) is 2. The minimum absolute atomic E-state index is 0.215. The van der Waals surface area contributed by atoms with E-state index < -0.39 is 0 Å². The second-order valence-electron chi connectivity index (χ2n) is 9.43. The van der Waals surface area contributed by atoms with Gasteiger partial charge in [0.05, 0.1) is 0 Å². The van der Waals surface area contributed by atoms with Gasteiger partial charge in [0.2, 0.25) is 0 Å². The maximum absolute atomic E-state index is 12.9. The van der Waals surface area contributed by atoms with Gasteiger partial charge < -0.3 is 20.2 Å². The van der Waals surface area contributed by atoms with E-state index in [-0.39, 0.29) is 17.7 Å². The third kappa shape index (κ3) is 6.47. The van der Waals surface area contributed by atoms with Gasteiger partial charge in [-0.25, -0.2) is 0 Å². The minimum Gasteiger partial charge on any atom is -0.508 e. The Morgan fingerprint density at radius 3 is 2.10 bits per heavy atom. The normalized spacial score (nSPS) is 15.5. The van der Waals surface area contributed by atoms with Crippen LogP contribution in [0.1, 0.15) is 44.9 Å². The van der Waals surface area contributed by atoms with Gasteiger partial charge in [-0.1, -0.05) is 52.0 Å². The highest BCUT2D eigenvalue weighted by Gasteiger charge is 2.25. The van der Waals surface area contributed by atoms with Gasteiger partial charge in [0, 0.05) is 43.3 Å². The molecule has 0 saturated carbocycles. The molecule has 1 heterocycles. The van der Waals surface area contributed by atoms with Gasteiger partial charge in [-0.05, 0) is 42.2 Å². The van der Waals surface area contributed by atoms with Crippen LogP contribution in [0.3, 0.4) is 0 Å². The van der Waals surface area contributed by atoms with E-state index in [9.17, 15) is 9.90 Å². The molecular formula is C26H38N3O2+. The molecule has 1 aliphatic rings. The Balaban J connectivity index is 1.52. The number of benzene rings is 2. The lowest BCUT2D eigenvalue weighted by Crippen LogP contribution is -2.88. The Kier molecular flexibility index (Phi) is 7.97. The molecule has 2 aromatic rings. The zero-order valence-corrected chi connectivity index (χ0v) is 19.4. The molecule has 1 aliphatic heterocycles. The summed E-state index contributed by atoms with van der Waals surface area (Å²) in [4.78, 5) is 17.1. The van der Waals surface area contributed by atoms with Crippen LogP contribution in [0.4, 0.5) is 5.69 Å². The molecule has 0 aliphatic carbocycles. The van der Waals surface area contributed by atoms with Crippen molar-refractivity contribution in [2.75, 3.05) is 37.6 Å². The summed E-state index contributed by atoms with van der Waals surface area (Å²) in [7, 11) is 0. The summed E-state index contributed by atoms with van der Waals surface area (Å²) >= 11 is 0. The SMILES string of the molecule is CC(C)Cc1ccc([C@H]([NH2+]CC(=O)N2CCN(c3ccc(O)cc3)CC2)C(C)C)cc1. The van der Waals surface area contributed by atoms with Gasteiger partial charge >= 0.3 is 0 Å². The molecule has 0 radical (unpaired) electrons. The highest BCUT2D eigenvalue weighted by atomic mass is 16.3. The predicted octanol–water partition coefficient (Wildman–Crippen LogP) is 3.20. The number of phenols is 1. The van der Waals surface area contributed by atoms with Gasteiger partial charge in [0.1, 0.15) is 11.8 Å². The van der Waals surface area contributed by atoms with Gasteiger partial charge in [0.25, 0.3) is 5.91 Å². The van der Waals surface area contributed by atoms with Crippen molar-refractivity contribution in [2.45, 2.75) is 40.2 Å². The van der Waals surface area contributed by atoms with E-state index in [4.69, 9.17) is 0 Å². The maximum atomic E-state index is 12.9. The number of carbonyl (C=O) groups excluding carboxylic acids is 1. The quantitative estimate of drug-likeness (QED) is 0.684. The standard InChI is InChI=1S/C26H37N3O2/c1-19(2)17-21-5-7-22(8-6-21)26(20(3)4)27-18-25(31)29-15-13-28(14-16-29)23-9-11-24(30)12-10-23/h5-12,19-20,26-27,30H,13-18H2,1-4H3/p+1/t26-/m1/s1. The van der Waals surface area contributed by atoms with Crippen molar-refractivity contribution in [1.82, 2.24) is 4.90 Å². The number of amides is 1. The number of quaternary nitrogens is 1. The highest BCUT2D eigenvalue weighted by molar-refractivity contribution is 5.77. The fraction of sp³-hybridized carbons (Fsp3) is 0.500. The zero-order valence-electron chi connectivity index (χ0n) is 19.4. The van der Waals surface area contributed by atoms with Crippen LogP contribution >= 0.6 is 0 Å². The van der Waals surface area contributed by atoms with Crippen molar-refractivity contribution >= 4 is 11.6 Å². The number of hydrogen-bond donors (Lipinski definition) is 2. The third-order valence-corrected chi connectivity index (χ3v) is 6.12. The number of aromatic hydroxyl groups is 1. The largest absolute Gasteiger partial charge is 0.508 e. The summed E-state index contributed by atoms with van der Waals surface area (Å²) in [6.07, 6.45) is 1.10. The molecule has 3 N–H and O–H groups in total. The van der Waals surface area contributed by atoms with Crippen LogP contribution in [0, 0.1) is 11.8 Å². The molecule has 0 unspecified atom stereocenters. The first kappa shape index (κ1) is 23.1. The molecule has 2 aromatic carbocycles. The summed E-state index contributed by atoms with van der Waals surface area (Å²) in [5.41, 5.74) is 3.77. The Bertz CT molecular complexity index is 823. The fourth-order valence-corrected chi connectivity index (χ4v) is 4.37. The van der Waals surface area contributed by atoms with Crippen molar-refractivity contribution in [3.8, 4) is 5.75 Å². The lowest BCUT2D eigenvalue weighted by molar-refractivity contribution is -0.692. The first-order valence-corrected chi connectivity index (χ1v) is 11.6. The van der Waals surface area contributed by atoms with Crippen LogP contribution in [-0.4, -0.2) is 48.6 Å². The van der Waals surface area contributed by atoms with E-state index in [1.165, 1.54) is 11.1 Å². The smallest absolute Gasteiger partial charge is 0.277 e. The molecule has 0 aromatic heterocycles. The van der Waals surface area contributed by atoms with Crippen molar-refractivity contribution in [2.24, 2.45) is 11.8 Å². The van der Waals surface area contributed by atoms with E-state index in [1.807, 2.05) is 17.0 Å². The zero-order chi connectivity index (χ0) is 22.4. The lowest BCUT2D eigenvalue weighted by Gasteiger charge is -2.36. The molecule has 5 heteroatoms. The van der Waals surface area contributed by atoms with E-state index >= 15 is 0 Å². The van der Waals surface area contributed by atoms with Gasteiger partial charge in [-0.15, -0.1) is 0 Å². The van der Waals surface area contributed by atoms with Crippen LogP contribution in [-0.2, 0) is 11.2 Å². The van der Waals surface area contributed by atoms with Gasteiger partial charge in [0.15, 0.2) is 6.54 Å². The lowest BCUT2D eigenvalue weighted by atomic mass is 9.93. The number of nitrogens with two attached hydrogens (primary N) is 1. The van der Waals surface area contributed by atoms with Crippen molar-refractivity contribution < 1.29 is 15.2 Å². The van der Waals surface area contributed by atoms with Crippen molar-refractivity contribution in [1.29, 1.82) is 0 Å². The first-order valence-electron chi connectivity index (χ1n) is 11.6. The molecule has 1 amide bonds. The van der Waals surface area contributed by atoms with Crippen molar-refractivity contribution in [3.63, 3.8) is 0 Å². The summed E-state index contributed by atoms with van der Waals surface area (Å²) < 4.78 is 0. The molecule has 31 heavy (non-hydrogen) atoms. The number of piperazine rings is 1. The molecule has 0 bridgehead atoms. The summed E-state index contributed by atoms with van der Waals surface area (Å²) in [6.45, 7) is 12.5. The molecule has 1 saturated heterocycles. The Morgan fingerprint density at radius 1 is 0.935 bits per heavy atom. The first-order chi connectivity index (χ1) is 14.8. The second-order valence-corrected chi connectivity index (χ2v) is 9.43. The summed E-state index contributed by atoms with van der Waals surface area (Å²) in [6, 6.07) is 16.5. The molecule has 3 rings (SSSR count). The number of carbonyl (C=O) groups is 1. The molecule has 5 nitrogen and oxygen atoms in total.